The molecule has 0 saturated heterocycles. The van der Waals surface area contributed by atoms with Gasteiger partial charge in [-0.25, -0.2) is 9.37 Å². The van der Waals surface area contributed by atoms with Gasteiger partial charge in [0, 0.05) is 5.56 Å². The number of aryl methyl sites for hydroxylation is 1. The molecule has 0 fully saturated rings. The first kappa shape index (κ1) is 10.9. The lowest BCUT2D eigenvalue weighted by atomic mass is 10.2. The molecule has 1 aromatic heterocycles. The summed E-state index contributed by atoms with van der Waals surface area (Å²) in [6.45, 7) is 1.77. The molecule has 3 nitrogen and oxygen atoms in total. The van der Waals surface area contributed by atoms with Crippen LogP contribution in [-0.4, -0.2) is 11.3 Å². The van der Waals surface area contributed by atoms with Crippen LogP contribution in [0.5, 0.6) is 0 Å². The minimum absolute atomic E-state index is 0.236. The monoisotopic (exact) mass is 237 g/mol. The summed E-state index contributed by atoms with van der Waals surface area (Å²) in [6, 6.07) is 4.34. The maximum Gasteiger partial charge on any atom is 0.260 e. The van der Waals surface area contributed by atoms with Gasteiger partial charge in [0.25, 0.3) is 5.22 Å². The first-order valence-electron chi connectivity index (χ1n) is 4.54. The Morgan fingerprint density at radius 3 is 2.94 bits per heavy atom. The van der Waals surface area contributed by atoms with Gasteiger partial charge in [-0.2, -0.15) is 0 Å². The molecule has 5 heteroatoms. The lowest BCUT2D eigenvalue weighted by Crippen LogP contribution is -1.89. The fraction of sp³-hybridized carbons (Fsp3) is 0.0909. The Hall–Kier alpha value is -1.62. The highest BCUT2D eigenvalue weighted by Crippen LogP contribution is 2.31. The molecule has 0 radical (unpaired) electrons. The van der Waals surface area contributed by atoms with E-state index in [-0.39, 0.29) is 4.90 Å². The number of aromatic nitrogens is 1. The molecule has 0 aliphatic heterocycles. The molecule has 16 heavy (non-hydrogen) atoms. The van der Waals surface area contributed by atoms with Gasteiger partial charge >= 0.3 is 0 Å². The third kappa shape index (κ3) is 2.14. The molecule has 2 rings (SSSR count). The summed E-state index contributed by atoms with van der Waals surface area (Å²) in [7, 11) is 0. The van der Waals surface area contributed by atoms with Crippen LogP contribution in [0.25, 0.3) is 0 Å². The summed E-state index contributed by atoms with van der Waals surface area (Å²) in [5.41, 5.74) is 1.01. The van der Waals surface area contributed by atoms with Crippen molar-refractivity contribution >= 4 is 18.0 Å². The largest absolute Gasteiger partial charge is 0.439 e. The molecule has 0 atom stereocenters. The Bertz CT molecular complexity index is 524. The predicted molar refractivity (Wildman–Crippen MR) is 57.2 cm³/mol. The van der Waals surface area contributed by atoms with Gasteiger partial charge in [0.2, 0.25) is 0 Å². The average Bonchev–Trinajstić information content (AvgIpc) is 2.67. The van der Waals surface area contributed by atoms with Crippen LogP contribution in [-0.2, 0) is 0 Å². The van der Waals surface area contributed by atoms with E-state index in [4.69, 9.17) is 4.42 Å². The maximum atomic E-state index is 13.5. The smallest absolute Gasteiger partial charge is 0.260 e. The molecule has 0 spiro atoms. The van der Waals surface area contributed by atoms with Gasteiger partial charge in [0.05, 0.1) is 10.6 Å². The molecule has 0 unspecified atom stereocenters. The normalized spacial score (nSPS) is 10.4. The molecule has 2 aromatic rings. The average molecular weight is 237 g/mol. The maximum absolute atomic E-state index is 13.5. The molecule has 82 valence electrons. The van der Waals surface area contributed by atoms with Gasteiger partial charge in [-0.05, 0) is 24.8 Å². The van der Waals surface area contributed by atoms with Crippen LogP contribution in [0, 0.1) is 12.7 Å². The first-order valence-corrected chi connectivity index (χ1v) is 5.36. The van der Waals surface area contributed by atoms with E-state index in [1.54, 1.807) is 13.0 Å². The van der Waals surface area contributed by atoms with E-state index in [1.807, 2.05) is 0 Å². The van der Waals surface area contributed by atoms with Crippen molar-refractivity contribution in [3.8, 4) is 0 Å². The highest BCUT2D eigenvalue weighted by Gasteiger charge is 2.12. The molecule has 0 bridgehead atoms. The molecular weight excluding hydrogens is 229 g/mol. The van der Waals surface area contributed by atoms with E-state index in [1.165, 1.54) is 18.4 Å². The van der Waals surface area contributed by atoms with Gasteiger partial charge in [0.1, 0.15) is 12.1 Å². The summed E-state index contributed by atoms with van der Waals surface area (Å²) in [5, 5.41) is 0.325. The molecular formula is C11H8FNO2S. The third-order valence-electron chi connectivity index (χ3n) is 1.91. The summed E-state index contributed by atoms with van der Waals surface area (Å²) < 4.78 is 18.6. The molecule has 1 aromatic carbocycles. The van der Waals surface area contributed by atoms with Crippen LogP contribution in [0.3, 0.4) is 0 Å². The number of hydrogen-bond donors (Lipinski definition) is 0. The lowest BCUT2D eigenvalue weighted by molar-refractivity contribution is 0.112. The molecule has 0 saturated carbocycles. The van der Waals surface area contributed by atoms with Crippen molar-refractivity contribution in [1.82, 2.24) is 4.98 Å². The van der Waals surface area contributed by atoms with E-state index >= 15 is 0 Å². The van der Waals surface area contributed by atoms with E-state index in [0.717, 1.165) is 11.8 Å². The number of hydrogen-bond acceptors (Lipinski definition) is 4. The van der Waals surface area contributed by atoms with Gasteiger partial charge in [-0.1, -0.05) is 12.1 Å². The number of rotatable bonds is 3. The summed E-state index contributed by atoms with van der Waals surface area (Å²) in [6.07, 6.45) is 2.09. The fourth-order valence-corrected chi connectivity index (χ4v) is 2.05. The lowest BCUT2D eigenvalue weighted by Gasteiger charge is -2.02. The predicted octanol–water partition coefficient (Wildman–Crippen LogP) is 3.09. The zero-order valence-corrected chi connectivity index (χ0v) is 9.25. The summed E-state index contributed by atoms with van der Waals surface area (Å²) in [5.74, 6) is -0.453. The molecule has 0 aliphatic rings. The van der Waals surface area contributed by atoms with E-state index < -0.39 is 5.82 Å². The van der Waals surface area contributed by atoms with E-state index in [0.29, 0.717) is 22.8 Å². The Labute approximate surface area is 95.7 Å². The molecule has 0 amide bonds. The van der Waals surface area contributed by atoms with Crippen LogP contribution in [0.2, 0.25) is 0 Å². The van der Waals surface area contributed by atoms with Gasteiger partial charge < -0.3 is 4.42 Å². The van der Waals surface area contributed by atoms with Crippen molar-refractivity contribution in [3.63, 3.8) is 0 Å². The summed E-state index contributed by atoms with van der Waals surface area (Å²) in [4.78, 5) is 15.0. The van der Waals surface area contributed by atoms with Gasteiger partial charge in [-0.15, -0.1) is 0 Å². The van der Waals surface area contributed by atoms with Gasteiger partial charge in [0.15, 0.2) is 6.29 Å². The molecule has 0 aliphatic carbocycles. The van der Waals surface area contributed by atoms with Crippen molar-refractivity contribution in [2.45, 2.75) is 17.0 Å². The van der Waals surface area contributed by atoms with E-state index in [2.05, 4.69) is 4.98 Å². The van der Waals surface area contributed by atoms with Crippen LogP contribution in [0.15, 0.2) is 39.0 Å². The quantitative estimate of drug-likeness (QED) is 0.769. The Kier molecular flexibility index (Phi) is 3.05. The molecule has 1 heterocycles. The third-order valence-corrected chi connectivity index (χ3v) is 2.91. The molecule has 0 N–H and O–H groups in total. The van der Waals surface area contributed by atoms with Crippen LogP contribution in [0.4, 0.5) is 4.39 Å². The second-order valence-corrected chi connectivity index (χ2v) is 4.09. The van der Waals surface area contributed by atoms with E-state index in [9.17, 15) is 9.18 Å². The highest BCUT2D eigenvalue weighted by atomic mass is 32.2. The minimum Gasteiger partial charge on any atom is -0.439 e. The topological polar surface area (TPSA) is 43.1 Å². The number of halogens is 1. The van der Waals surface area contributed by atoms with Crippen molar-refractivity contribution in [3.05, 3.63) is 41.5 Å². The minimum atomic E-state index is -0.453. The van der Waals surface area contributed by atoms with Crippen molar-refractivity contribution in [2.75, 3.05) is 0 Å². The van der Waals surface area contributed by atoms with Crippen LogP contribution < -0.4 is 0 Å². The van der Waals surface area contributed by atoms with Crippen molar-refractivity contribution in [2.24, 2.45) is 0 Å². The van der Waals surface area contributed by atoms with Crippen molar-refractivity contribution in [1.29, 1.82) is 0 Å². The Balaban J connectivity index is 2.37. The zero-order valence-electron chi connectivity index (χ0n) is 8.44. The fourth-order valence-electron chi connectivity index (χ4n) is 1.19. The number of benzene rings is 1. The second-order valence-electron chi connectivity index (χ2n) is 3.13. The van der Waals surface area contributed by atoms with Gasteiger partial charge in [-0.3, -0.25) is 4.79 Å². The number of nitrogens with zero attached hydrogens (tertiary/aromatic N) is 1. The summed E-state index contributed by atoms with van der Waals surface area (Å²) >= 11 is 1.00. The van der Waals surface area contributed by atoms with Crippen molar-refractivity contribution < 1.29 is 13.6 Å². The number of carbonyl (C=O) groups is 1. The Morgan fingerprint density at radius 2 is 2.31 bits per heavy atom. The Morgan fingerprint density at radius 1 is 1.50 bits per heavy atom. The second kappa shape index (κ2) is 4.49. The zero-order chi connectivity index (χ0) is 11.5. The standard InChI is InChI=1S/C11H8FNO2S/c1-7-6-15-11(13-7)16-10-8(5-14)3-2-4-9(10)12/h2-6H,1H3. The first-order chi connectivity index (χ1) is 7.70. The highest BCUT2D eigenvalue weighted by molar-refractivity contribution is 7.99. The number of oxazole rings is 1. The van der Waals surface area contributed by atoms with Crippen LogP contribution >= 0.6 is 11.8 Å². The SMILES string of the molecule is Cc1coc(Sc2c(F)cccc2C=O)n1. The van der Waals surface area contributed by atoms with Crippen LogP contribution in [0.1, 0.15) is 16.1 Å². The number of carbonyl (C=O) groups excluding carboxylic acids is 1. The number of aldehydes is 1.